The van der Waals surface area contributed by atoms with Crippen molar-refractivity contribution in [3.63, 3.8) is 0 Å². The molecule has 0 aliphatic carbocycles. The zero-order valence-electron chi connectivity index (χ0n) is 24.9. The van der Waals surface area contributed by atoms with Crippen molar-refractivity contribution in [1.82, 2.24) is 9.80 Å². The Kier molecular flexibility index (Phi) is 9.63. The molecule has 3 heterocycles. The van der Waals surface area contributed by atoms with Gasteiger partial charge in [0, 0.05) is 56.1 Å². The number of piperazine rings is 1. The molecule has 1 aromatic rings. The van der Waals surface area contributed by atoms with Gasteiger partial charge in [-0.1, -0.05) is 6.08 Å². The predicted molar refractivity (Wildman–Crippen MR) is 155 cm³/mol. The highest BCUT2D eigenvalue weighted by molar-refractivity contribution is 6.11. The van der Waals surface area contributed by atoms with Crippen molar-refractivity contribution in [2.24, 2.45) is 10.9 Å². The Morgan fingerprint density at radius 3 is 2.42 bits per heavy atom. The van der Waals surface area contributed by atoms with E-state index >= 15 is 4.39 Å². The van der Waals surface area contributed by atoms with Gasteiger partial charge in [-0.25, -0.2) is 14.2 Å². The van der Waals surface area contributed by atoms with Crippen LogP contribution in [-0.4, -0.2) is 91.5 Å². The number of likely N-dealkylation sites (N-methyl/N-ethyl adjacent to an activating group) is 1. The van der Waals surface area contributed by atoms with Crippen molar-refractivity contribution in [2.75, 3.05) is 43.4 Å². The molecule has 1 N–H and O–H groups in total. The van der Waals surface area contributed by atoms with E-state index in [0.717, 1.165) is 0 Å². The van der Waals surface area contributed by atoms with Gasteiger partial charge in [0.15, 0.2) is 0 Å². The number of nitrogens with one attached hydrogen (secondary N) is 1. The van der Waals surface area contributed by atoms with Crippen LogP contribution in [0.15, 0.2) is 34.9 Å². The fourth-order valence-electron chi connectivity index (χ4n) is 5.50. The van der Waals surface area contributed by atoms with E-state index in [4.69, 9.17) is 4.74 Å². The quantitative estimate of drug-likeness (QED) is 0.472. The summed E-state index contributed by atoms with van der Waals surface area (Å²) in [5.41, 5.74) is -0.0827. The van der Waals surface area contributed by atoms with E-state index in [-0.39, 0.29) is 36.0 Å². The predicted octanol–water partition coefficient (Wildman–Crippen LogP) is 5.03. The minimum absolute atomic E-state index is 0.0763. The summed E-state index contributed by atoms with van der Waals surface area (Å²) in [6.07, 6.45) is -2.14. The maximum absolute atomic E-state index is 15.8. The molecule has 234 valence electrons. The Morgan fingerprint density at radius 2 is 1.79 bits per heavy atom. The first-order chi connectivity index (χ1) is 20.1. The van der Waals surface area contributed by atoms with Crippen LogP contribution in [0.5, 0.6) is 0 Å². The number of benzene rings is 1. The van der Waals surface area contributed by atoms with Crippen molar-refractivity contribution in [2.45, 2.75) is 64.9 Å². The SMILES string of the molecule is CC(C)OC(=O)N1CCC=C(c2cc(NC(=O)C3C=NC(=O)C=C3C(F)(F)F)c(N3C[C@@H](C)N(C)[C@@H](C)C3)cc2F)CC1. The Balaban J connectivity index is 1.69. The van der Waals surface area contributed by atoms with Crippen LogP contribution in [0.2, 0.25) is 0 Å². The maximum atomic E-state index is 15.8. The molecule has 13 heteroatoms. The summed E-state index contributed by atoms with van der Waals surface area (Å²) >= 11 is 0. The molecule has 0 spiro atoms. The average molecular weight is 608 g/mol. The number of halogens is 4. The zero-order valence-corrected chi connectivity index (χ0v) is 24.9. The number of aliphatic imine (C=N–C) groups is 1. The van der Waals surface area contributed by atoms with Crippen molar-refractivity contribution < 1.29 is 36.7 Å². The third-order valence-electron chi connectivity index (χ3n) is 8.00. The highest BCUT2D eigenvalue weighted by Gasteiger charge is 2.43. The number of hydrogen-bond acceptors (Lipinski definition) is 6. The third kappa shape index (κ3) is 7.43. The second kappa shape index (κ2) is 12.9. The summed E-state index contributed by atoms with van der Waals surface area (Å²) in [6, 6.07) is 2.89. The van der Waals surface area contributed by atoms with Crippen LogP contribution in [0.3, 0.4) is 0 Å². The van der Waals surface area contributed by atoms with E-state index in [1.54, 1.807) is 18.7 Å². The smallest absolute Gasteiger partial charge is 0.414 e. The maximum Gasteiger partial charge on any atom is 0.414 e. The molecule has 3 amide bonds. The number of carbonyl (C=O) groups is 3. The molecule has 3 atom stereocenters. The summed E-state index contributed by atoms with van der Waals surface area (Å²) in [4.78, 5) is 46.4. The van der Waals surface area contributed by atoms with Gasteiger partial charge in [-0.3, -0.25) is 14.5 Å². The molecule has 0 bridgehead atoms. The minimum Gasteiger partial charge on any atom is -0.447 e. The lowest BCUT2D eigenvalue weighted by atomic mass is 9.95. The van der Waals surface area contributed by atoms with Crippen molar-refractivity contribution in [1.29, 1.82) is 0 Å². The zero-order chi connectivity index (χ0) is 31.6. The van der Waals surface area contributed by atoms with Gasteiger partial charge in [0.05, 0.1) is 23.1 Å². The first-order valence-electron chi connectivity index (χ1n) is 14.3. The number of nitrogens with zero attached hydrogens (tertiary/aromatic N) is 4. The third-order valence-corrected chi connectivity index (χ3v) is 8.00. The molecule has 1 aromatic carbocycles. The molecule has 1 saturated heterocycles. The highest BCUT2D eigenvalue weighted by atomic mass is 19.4. The molecule has 0 radical (unpaired) electrons. The molecular weight excluding hydrogens is 570 g/mol. The molecule has 3 aliphatic rings. The lowest BCUT2D eigenvalue weighted by Crippen LogP contribution is -2.55. The Morgan fingerprint density at radius 1 is 1.12 bits per heavy atom. The van der Waals surface area contributed by atoms with Gasteiger partial charge < -0.3 is 19.9 Å². The average Bonchev–Trinajstić information content (AvgIpc) is 3.17. The summed E-state index contributed by atoms with van der Waals surface area (Å²) in [5.74, 6) is -4.57. The van der Waals surface area contributed by atoms with E-state index in [2.05, 4.69) is 15.2 Å². The normalized spacial score (nSPS) is 23.6. The van der Waals surface area contributed by atoms with Crippen LogP contribution in [0.1, 0.15) is 46.1 Å². The number of amides is 3. The van der Waals surface area contributed by atoms with E-state index in [1.165, 1.54) is 12.1 Å². The Labute approximate surface area is 248 Å². The largest absolute Gasteiger partial charge is 0.447 e. The van der Waals surface area contributed by atoms with E-state index < -0.39 is 41.4 Å². The van der Waals surface area contributed by atoms with Gasteiger partial charge >= 0.3 is 12.3 Å². The van der Waals surface area contributed by atoms with Crippen molar-refractivity contribution in [3.8, 4) is 0 Å². The molecule has 9 nitrogen and oxygen atoms in total. The van der Waals surface area contributed by atoms with E-state index in [9.17, 15) is 27.6 Å². The highest BCUT2D eigenvalue weighted by Crippen LogP contribution is 2.38. The molecule has 0 aromatic heterocycles. The molecule has 3 aliphatic heterocycles. The number of dihydropyridines is 1. The molecule has 1 unspecified atom stereocenters. The Hall–Kier alpha value is -3.74. The lowest BCUT2D eigenvalue weighted by Gasteiger charge is -2.44. The van der Waals surface area contributed by atoms with Gasteiger partial charge in [-0.2, -0.15) is 13.2 Å². The Bertz CT molecular complexity index is 1340. The van der Waals surface area contributed by atoms with Crippen LogP contribution in [0, 0.1) is 11.7 Å². The topological polar surface area (TPSA) is 94.5 Å². The second-order valence-electron chi connectivity index (χ2n) is 11.5. The van der Waals surface area contributed by atoms with E-state index in [0.29, 0.717) is 56.0 Å². The van der Waals surface area contributed by atoms with Gasteiger partial charge in [0.2, 0.25) is 5.91 Å². The summed E-state index contributed by atoms with van der Waals surface area (Å²) in [6.45, 7) is 9.15. The summed E-state index contributed by atoms with van der Waals surface area (Å²) < 4.78 is 62.4. The number of alkyl halides is 3. The van der Waals surface area contributed by atoms with Gasteiger partial charge in [-0.05, 0) is 65.3 Å². The monoisotopic (exact) mass is 607 g/mol. The summed E-state index contributed by atoms with van der Waals surface area (Å²) in [5, 5.41) is 2.59. The van der Waals surface area contributed by atoms with Crippen LogP contribution in [0.25, 0.3) is 5.57 Å². The number of rotatable bonds is 5. The van der Waals surface area contributed by atoms with Crippen LogP contribution in [-0.2, 0) is 14.3 Å². The van der Waals surface area contributed by atoms with E-state index in [1.807, 2.05) is 31.9 Å². The molecule has 1 fully saturated rings. The van der Waals surface area contributed by atoms with Gasteiger partial charge in [0.25, 0.3) is 5.91 Å². The second-order valence-corrected chi connectivity index (χ2v) is 11.5. The molecular formula is C30H37F4N5O4. The molecule has 43 heavy (non-hydrogen) atoms. The fourth-order valence-corrected chi connectivity index (χ4v) is 5.50. The van der Waals surface area contributed by atoms with Crippen LogP contribution in [0.4, 0.5) is 33.7 Å². The lowest BCUT2D eigenvalue weighted by molar-refractivity contribution is -0.124. The fraction of sp³-hybridized carbons (Fsp3) is 0.533. The first kappa shape index (κ1) is 32.2. The van der Waals surface area contributed by atoms with Crippen LogP contribution >= 0.6 is 0 Å². The van der Waals surface area contributed by atoms with Gasteiger partial charge in [-0.15, -0.1) is 0 Å². The summed E-state index contributed by atoms with van der Waals surface area (Å²) in [7, 11) is 1.98. The van der Waals surface area contributed by atoms with Crippen LogP contribution < -0.4 is 10.2 Å². The number of anilines is 2. The number of ether oxygens (including phenoxy) is 1. The minimum atomic E-state index is -4.93. The number of hydrogen-bond donors (Lipinski definition) is 1. The molecule has 4 rings (SSSR count). The van der Waals surface area contributed by atoms with Gasteiger partial charge in [0.1, 0.15) is 11.7 Å². The van der Waals surface area contributed by atoms with Crippen molar-refractivity contribution >= 4 is 41.1 Å². The number of carbonyl (C=O) groups excluding carboxylic acids is 3. The standard InChI is InChI=1S/C30H37F4N5O4/c1-17(2)43-29(42)38-9-6-7-20(8-10-38)21-11-25(26(13-24(21)31)39-15-18(3)37(5)19(4)16-39)36-28(41)22-14-35-27(40)12-23(22)30(32,33)34/h7,11-14,17-19,22H,6,8-10,15-16H2,1-5H3,(H,36,41)/t18-,19+,22?. The molecule has 0 saturated carbocycles. The van der Waals surface area contributed by atoms with Crippen molar-refractivity contribution in [3.05, 3.63) is 41.2 Å². The first-order valence-corrected chi connectivity index (χ1v) is 14.3.